The Labute approximate surface area is 82.2 Å². The zero-order valence-electron chi connectivity index (χ0n) is 8.92. The lowest BCUT2D eigenvalue weighted by Gasteiger charge is -2.07. The fourth-order valence-corrected chi connectivity index (χ4v) is 1.27. The molecular formula is C12H22O. The fourth-order valence-electron chi connectivity index (χ4n) is 1.27. The third-order valence-electron chi connectivity index (χ3n) is 2.13. The molecule has 0 amide bonds. The number of unbranched alkanes of at least 4 members (excludes halogenated alkanes) is 3. The predicted octanol–water partition coefficient (Wildman–Crippen LogP) is 3.45. The molecule has 1 nitrogen and oxygen atoms in total. The van der Waals surface area contributed by atoms with Crippen LogP contribution in [0.4, 0.5) is 0 Å². The SMILES string of the molecule is C=CC/C(=C\CCCCC)C(C)O. The van der Waals surface area contributed by atoms with Crippen molar-refractivity contribution in [3.63, 3.8) is 0 Å². The van der Waals surface area contributed by atoms with E-state index in [2.05, 4.69) is 19.6 Å². The predicted molar refractivity (Wildman–Crippen MR) is 58.7 cm³/mol. The lowest BCUT2D eigenvalue weighted by molar-refractivity contribution is 0.228. The molecule has 0 heterocycles. The van der Waals surface area contributed by atoms with Gasteiger partial charge in [0, 0.05) is 0 Å². The Hall–Kier alpha value is -0.560. The average Bonchev–Trinajstić information content (AvgIpc) is 2.10. The molecule has 1 unspecified atom stereocenters. The second-order valence-electron chi connectivity index (χ2n) is 3.44. The van der Waals surface area contributed by atoms with Crippen LogP contribution in [0.15, 0.2) is 24.3 Å². The molecule has 0 fully saturated rings. The third-order valence-corrected chi connectivity index (χ3v) is 2.13. The van der Waals surface area contributed by atoms with Crippen molar-refractivity contribution in [3.8, 4) is 0 Å². The van der Waals surface area contributed by atoms with Crippen LogP contribution >= 0.6 is 0 Å². The number of aliphatic hydroxyl groups excluding tert-OH is 1. The molecule has 1 heteroatoms. The van der Waals surface area contributed by atoms with E-state index in [1.807, 2.05) is 13.0 Å². The molecule has 1 atom stereocenters. The van der Waals surface area contributed by atoms with Gasteiger partial charge in [-0.3, -0.25) is 0 Å². The Bertz CT molecular complexity index is 157. The molecule has 0 aromatic carbocycles. The quantitative estimate of drug-likeness (QED) is 0.472. The smallest absolute Gasteiger partial charge is 0.0724 e. The molecule has 0 spiro atoms. The summed E-state index contributed by atoms with van der Waals surface area (Å²) in [7, 11) is 0. The largest absolute Gasteiger partial charge is 0.389 e. The van der Waals surface area contributed by atoms with Gasteiger partial charge in [-0.25, -0.2) is 0 Å². The summed E-state index contributed by atoms with van der Waals surface area (Å²) in [6.45, 7) is 7.69. The van der Waals surface area contributed by atoms with Crippen molar-refractivity contribution in [1.29, 1.82) is 0 Å². The van der Waals surface area contributed by atoms with Gasteiger partial charge >= 0.3 is 0 Å². The van der Waals surface area contributed by atoms with Crippen molar-refractivity contribution < 1.29 is 5.11 Å². The van der Waals surface area contributed by atoms with Gasteiger partial charge in [0.1, 0.15) is 0 Å². The molecule has 0 radical (unpaired) electrons. The van der Waals surface area contributed by atoms with Crippen LogP contribution in [0.3, 0.4) is 0 Å². The van der Waals surface area contributed by atoms with Gasteiger partial charge in [0.25, 0.3) is 0 Å². The van der Waals surface area contributed by atoms with Crippen LogP contribution in [0, 0.1) is 0 Å². The number of allylic oxidation sites excluding steroid dienone is 2. The van der Waals surface area contributed by atoms with Crippen LogP contribution in [-0.2, 0) is 0 Å². The summed E-state index contributed by atoms with van der Waals surface area (Å²) in [6, 6.07) is 0. The van der Waals surface area contributed by atoms with E-state index >= 15 is 0 Å². The Balaban J connectivity index is 3.81. The van der Waals surface area contributed by atoms with E-state index in [1.165, 1.54) is 19.3 Å². The standard InChI is InChI=1S/C12H22O/c1-4-6-7-8-10-12(9-5-2)11(3)13/h5,10-11,13H,2,4,6-9H2,1,3H3/b12-10+. The lowest BCUT2D eigenvalue weighted by atomic mass is 10.0. The molecule has 0 saturated carbocycles. The van der Waals surface area contributed by atoms with Crippen molar-refractivity contribution in [2.45, 2.75) is 52.1 Å². The molecule has 13 heavy (non-hydrogen) atoms. The van der Waals surface area contributed by atoms with Gasteiger partial charge in [-0.1, -0.05) is 31.9 Å². The van der Waals surface area contributed by atoms with Gasteiger partial charge in [-0.05, 0) is 31.8 Å². The highest BCUT2D eigenvalue weighted by molar-refractivity contribution is 5.10. The topological polar surface area (TPSA) is 20.2 Å². The maximum atomic E-state index is 9.38. The van der Waals surface area contributed by atoms with E-state index in [9.17, 15) is 5.11 Å². The van der Waals surface area contributed by atoms with Gasteiger partial charge in [-0.2, -0.15) is 0 Å². The van der Waals surface area contributed by atoms with E-state index in [-0.39, 0.29) is 6.10 Å². The Morgan fingerprint density at radius 3 is 2.62 bits per heavy atom. The summed E-state index contributed by atoms with van der Waals surface area (Å²) >= 11 is 0. The fraction of sp³-hybridized carbons (Fsp3) is 0.667. The maximum Gasteiger partial charge on any atom is 0.0724 e. The zero-order chi connectivity index (χ0) is 10.1. The summed E-state index contributed by atoms with van der Waals surface area (Å²) < 4.78 is 0. The Kier molecular flexibility index (Phi) is 7.71. The molecule has 0 rings (SSSR count). The van der Waals surface area contributed by atoms with Crippen molar-refractivity contribution in [2.24, 2.45) is 0 Å². The van der Waals surface area contributed by atoms with Crippen LogP contribution < -0.4 is 0 Å². The Morgan fingerprint density at radius 1 is 1.46 bits per heavy atom. The van der Waals surface area contributed by atoms with Gasteiger partial charge in [0.15, 0.2) is 0 Å². The third kappa shape index (κ3) is 6.59. The lowest BCUT2D eigenvalue weighted by Crippen LogP contribution is -2.03. The molecule has 0 aromatic rings. The normalized spacial score (nSPS) is 14.2. The first kappa shape index (κ1) is 12.4. The number of rotatable bonds is 7. The van der Waals surface area contributed by atoms with Gasteiger partial charge < -0.3 is 5.11 Å². The minimum absolute atomic E-state index is 0.320. The van der Waals surface area contributed by atoms with E-state index < -0.39 is 0 Å². The molecule has 0 aliphatic heterocycles. The minimum atomic E-state index is -0.320. The molecule has 76 valence electrons. The van der Waals surface area contributed by atoms with Gasteiger partial charge in [0.2, 0.25) is 0 Å². The average molecular weight is 182 g/mol. The van der Waals surface area contributed by atoms with E-state index in [0.29, 0.717) is 0 Å². The first-order valence-corrected chi connectivity index (χ1v) is 5.20. The summed E-state index contributed by atoms with van der Waals surface area (Å²) in [5.41, 5.74) is 1.10. The van der Waals surface area contributed by atoms with Crippen molar-refractivity contribution in [3.05, 3.63) is 24.3 Å². The highest BCUT2D eigenvalue weighted by Crippen LogP contribution is 2.11. The summed E-state index contributed by atoms with van der Waals surface area (Å²) in [6.07, 6.45) is 9.33. The maximum absolute atomic E-state index is 9.38. The second kappa shape index (κ2) is 8.06. The number of hydrogen-bond acceptors (Lipinski definition) is 1. The monoisotopic (exact) mass is 182 g/mol. The molecule has 0 bridgehead atoms. The van der Waals surface area contributed by atoms with Crippen molar-refractivity contribution >= 4 is 0 Å². The zero-order valence-corrected chi connectivity index (χ0v) is 8.92. The summed E-state index contributed by atoms with van der Waals surface area (Å²) in [4.78, 5) is 0. The summed E-state index contributed by atoms with van der Waals surface area (Å²) in [5, 5.41) is 9.38. The van der Waals surface area contributed by atoms with Crippen LogP contribution in [-0.4, -0.2) is 11.2 Å². The van der Waals surface area contributed by atoms with E-state index in [4.69, 9.17) is 0 Å². The van der Waals surface area contributed by atoms with Gasteiger partial charge in [-0.15, -0.1) is 6.58 Å². The molecule has 0 aliphatic rings. The van der Waals surface area contributed by atoms with Crippen LogP contribution in [0.5, 0.6) is 0 Å². The number of hydrogen-bond donors (Lipinski definition) is 1. The molecule has 0 aromatic heterocycles. The first-order chi connectivity index (χ1) is 6.22. The minimum Gasteiger partial charge on any atom is -0.389 e. The van der Waals surface area contributed by atoms with Crippen LogP contribution in [0.25, 0.3) is 0 Å². The van der Waals surface area contributed by atoms with Crippen LogP contribution in [0.1, 0.15) is 46.0 Å². The highest BCUT2D eigenvalue weighted by atomic mass is 16.3. The first-order valence-electron chi connectivity index (χ1n) is 5.20. The number of aliphatic hydroxyl groups is 1. The van der Waals surface area contributed by atoms with E-state index in [0.717, 1.165) is 18.4 Å². The molecule has 1 N–H and O–H groups in total. The van der Waals surface area contributed by atoms with Crippen molar-refractivity contribution in [1.82, 2.24) is 0 Å². The molecule has 0 saturated heterocycles. The second-order valence-corrected chi connectivity index (χ2v) is 3.44. The van der Waals surface area contributed by atoms with Crippen molar-refractivity contribution in [2.75, 3.05) is 0 Å². The van der Waals surface area contributed by atoms with Crippen LogP contribution in [0.2, 0.25) is 0 Å². The van der Waals surface area contributed by atoms with Gasteiger partial charge in [0.05, 0.1) is 6.10 Å². The highest BCUT2D eigenvalue weighted by Gasteiger charge is 2.01. The Morgan fingerprint density at radius 2 is 2.15 bits per heavy atom. The molecule has 0 aliphatic carbocycles. The van der Waals surface area contributed by atoms with E-state index in [1.54, 1.807) is 0 Å². The summed E-state index contributed by atoms with van der Waals surface area (Å²) in [5.74, 6) is 0. The molecular weight excluding hydrogens is 160 g/mol.